The molecule has 500 valence electrons. The second-order valence-electron chi connectivity index (χ2n) is 22.9. The van der Waals surface area contributed by atoms with Crippen molar-refractivity contribution in [1.29, 1.82) is 0 Å². The average Bonchev–Trinajstić information content (AvgIpc) is 3.38. The summed E-state index contributed by atoms with van der Waals surface area (Å²) < 4.78 is 92.3. The van der Waals surface area contributed by atoms with E-state index in [0.717, 1.165) is 63.5 Å². The molecule has 2 rings (SSSR count). The molecule has 0 N–H and O–H groups in total. The van der Waals surface area contributed by atoms with E-state index in [1.807, 2.05) is 36.5 Å². The van der Waals surface area contributed by atoms with Gasteiger partial charge in [0, 0.05) is 0 Å². The second kappa shape index (κ2) is 58.2. The molecule has 2 aromatic rings. The molecule has 14 nitrogen and oxygen atoms in total. The Morgan fingerprint density at radius 1 is 0.315 bits per heavy atom. The van der Waals surface area contributed by atoms with Crippen molar-refractivity contribution in [3.8, 4) is 0 Å². The minimum Gasteiger partial charge on any atom is -0.744 e. The van der Waals surface area contributed by atoms with Gasteiger partial charge in [0.15, 0.2) is 0 Å². The van der Waals surface area contributed by atoms with Gasteiger partial charge in [-0.2, -0.15) is 0 Å². The van der Waals surface area contributed by atoms with E-state index in [1.165, 1.54) is 204 Å². The summed E-state index contributed by atoms with van der Waals surface area (Å²) in [6.45, 7) is 9.01. The Morgan fingerprint density at radius 2 is 0.517 bits per heavy atom. The van der Waals surface area contributed by atoms with Gasteiger partial charge >= 0.3 is 61.6 Å². The van der Waals surface area contributed by atoms with Crippen LogP contribution in [0.15, 0.2) is 94.8 Å². The summed E-state index contributed by atoms with van der Waals surface area (Å²) in [4.78, 5) is 49.7. The molecule has 0 saturated heterocycles. The quantitative estimate of drug-likeness (QED) is 0.0150. The van der Waals surface area contributed by atoms with Gasteiger partial charge in [0.25, 0.3) is 0 Å². The first kappa shape index (κ1) is 85.4. The molecule has 89 heavy (non-hydrogen) atoms. The summed E-state index contributed by atoms with van der Waals surface area (Å²) in [5, 5.41) is 0. The van der Waals surface area contributed by atoms with Crippen LogP contribution in [0.2, 0.25) is 0 Å². The molecule has 2 aromatic carbocycles. The fourth-order valence-corrected chi connectivity index (χ4v) is 11.3. The largest absolute Gasteiger partial charge is 2.00 e. The van der Waals surface area contributed by atoms with Crippen LogP contribution in [0.4, 0.5) is 0 Å². The molecule has 0 heterocycles. The summed E-state index contributed by atoms with van der Waals surface area (Å²) >= 11 is 0. The molecule has 0 aliphatic heterocycles. The molecule has 0 aliphatic carbocycles. The number of allylic oxidation sites excluding steroid dienone is 4. The molecule has 0 spiro atoms. The molecule has 17 heteroatoms. The first-order valence-corrected chi connectivity index (χ1v) is 36.9. The van der Waals surface area contributed by atoms with Gasteiger partial charge in [-0.25, -0.2) is 36.0 Å². The standard InChI is InChI=1S/2C36H58O7S.Ca/c2*1-3-5-7-9-11-13-15-17-19-21-23-25-30-42-35(37)32-28-27-29-33(44(39,40)41)34(32)36(38)43-31-26-24-22-20-18-16-14-12-10-8-6-4-2;/h2*21-24,27-29H,3-20,25-26,30-31H2,1-2H3,(H,39,40,41);/q;;+2/p-2/b2*23-21+,24-22+;. The van der Waals surface area contributed by atoms with E-state index in [2.05, 4.69) is 39.8 Å². The predicted octanol–water partition coefficient (Wildman–Crippen LogP) is 19.3. The van der Waals surface area contributed by atoms with Crippen molar-refractivity contribution >= 4 is 81.9 Å². The maximum atomic E-state index is 12.9. The minimum atomic E-state index is -5.02. The number of esters is 4. The van der Waals surface area contributed by atoms with Gasteiger partial charge in [-0.05, 0) is 101 Å². The van der Waals surface area contributed by atoms with Crippen LogP contribution >= 0.6 is 0 Å². The number of benzene rings is 2. The molecular formula is C72H114CaO14S2. The molecular weight excluding hydrogens is 1190 g/mol. The van der Waals surface area contributed by atoms with E-state index in [4.69, 9.17) is 18.9 Å². The number of rotatable bonds is 54. The van der Waals surface area contributed by atoms with Crippen molar-refractivity contribution in [1.82, 2.24) is 0 Å². The van der Waals surface area contributed by atoms with Gasteiger partial charge < -0.3 is 28.1 Å². The van der Waals surface area contributed by atoms with Gasteiger partial charge in [0.05, 0.1) is 58.5 Å². The van der Waals surface area contributed by atoms with Crippen LogP contribution < -0.4 is 0 Å². The number of carbonyl (C=O) groups excluding carboxylic acids is 4. The van der Waals surface area contributed by atoms with Crippen LogP contribution in [0, 0.1) is 0 Å². The van der Waals surface area contributed by atoms with Gasteiger partial charge in [-0.1, -0.05) is 268 Å². The maximum Gasteiger partial charge on any atom is 2.00 e. The van der Waals surface area contributed by atoms with Crippen LogP contribution in [-0.4, -0.2) is 114 Å². The Balaban J connectivity index is 0.00000172. The van der Waals surface area contributed by atoms with E-state index >= 15 is 0 Å². The molecule has 0 radical (unpaired) electrons. The van der Waals surface area contributed by atoms with Crippen molar-refractivity contribution in [3.63, 3.8) is 0 Å². The molecule has 0 fully saturated rings. The van der Waals surface area contributed by atoms with Crippen molar-refractivity contribution < 1.29 is 64.1 Å². The summed E-state index contributed by atoms with van der Waals surface area (Å²) in [6, 6.07) is 7.05. The Hall–Kier alpha value is -3.64. The zero-order valence-corrected chi connectivity index (χ0v) is 59.3. The van der Waals surface area contributed by atoms with Crippen molar-refractivity contribution in [2.24, 2.45) is 0 Å². The summed E-state index contributed by atoms with van der Waals surface area (Å²) in [6.07, 6.45) is 62.0. The Morgan fingerprint density at radius 3 is 0.742 bits per heavy atom. The molecule has 0 unspecified atom stereocenters. The monoisotopic (exact) mass is 1310 g/mol. The molecule has 0 atom stereocenters. The fourth-order valence-electron chi connectivity index (χ4n) is 9.95. The zero-order chi connectivity index (χ0) is 64.6. The van der Waals surface area contributed by atoms with Gasteiger partial charge in [0.1, 0.15) is 20.2 Å². The van der Waals surface area contributed by atoms with Gasteiger partial charge in [0.2, 0.25) is 0 Å². The molecule has 0 aromatic heterocycles. The van der Waals surface area contributed by atoms with E-state index in [1.54, 1.807) is 0 Å². The Bertz CT molecular complexity index is 2330. The zero-order valence-electron chi connectivity index (χ0n) is 55.4. The molecule has 0 saturated carbocycles. The fraction of sp³-hybridized carbons (Fsp3) is 0.667. The first-order chi connectivity index (χ1) is 42.6. The number of hydrogen-bond donors (Lipinski definition) is 0. The summed E-state index contributed by atoms with van der Waals surface area (Å²) in [5.74, 6) is -3.81. The Labute approximate surface area is 569 Å². The third kappa shape index (κ3) is 45.3. The smallest absolute Gasteiger partial charge is 0.744 e. The van der Waals surface area contributed by atoms with E-state index in [9.17, 15) is 45.1 Å². The second-order valence-corrected chi connectivity index (χ2v) is 25.6. The summed E-state index contributed by atoms with van der Waals surface area (Å²) in [5.41, 5.74) is -1.72. The number of hydrogen-bond acceptors (Lipinski definition) is 14. The van der Waals surface area contributed by atoms with Crippen molar-refractivity contribution in [2.75, 3.05) is 26.4 Å². The maximum absolute atomic E-state index is 12.9. The van der Waals surface area contributed by atoms with Crippen molar-refractivity contribution in [3.05, 3.63) is 107 Å². The molecule has 0 aliphatic rings. The normalized spacial score (nSPS) is 11.8. The third-order valence-corrected chi connectivity index (χ3v) is 16.8. The summed E-state index contributed by atoms with van der Waals surface area (Å²) in [7, 11) is -10.0. The predicted molar refractivity (Wildman–Crippen MR) is 360 cm³/mol. The molecule has 0 amide bonds. The van der Waals surface area contributed by atoms with Crippen LogP contribution in [0.25, 0.3) is 0 Å². The third-order valence-electron chi connectivity index (χ3n) is 15.1. The topological polar surface area (TPSA) is 220 Å². The van der Waals surface area contributed by atoms with Crippen LogP contribution in [0.3, 0.4) is 0 Å². The average molecular weight is 1310 g/mol. The van der Waals surface area contributed by atoms with Gasteiger partial charge in [-0.3, -0.25) is 0 Å². The number of ether oxygens (including phenoxy) is 4. The SMILES string of the molecule is CCCCCCCCCC/C=C/CCOC(=O)c1cccc(S(=O)(=O)[O-])c1C(=O)OCC/C=C/CCCCCCCCCC.CCCCCCCCCC/C=C/CCOC(=O)c1cccc(S(=O)(=O)[O-])c1C(=O)OCC/C=C/CCCCCCCCCC.[Ca+2]. The minimum absolute atomic E-state index is 0. The number of unbranched alkanes of at least 4 members (excludes halogenated alkanes) is 32. The van der Waals surface area contributed by atoms with E-state index in [0.29, 0.717) is 25.7 Å². The van der Waals surface area contributed by atoms with E-state index < -0.39 is 65.0 Å². The van der Waals surface area contributed by atoms with E-state index in [-0.39, 0.29) is 75.3 Å². The van der Waals surface area contributed by atoms with Crippen LogP contribution in [0.5, 0.6) is 0 Å². The molecule has 0 bridgehead atoms. The number of carbonyl (C=O) groups is 4. The Kier molecular flexibility index (Phi) is 55.8. The van der Waals surface area contributed by atoms with Crippen LogP contribution in [-0.2, 0) is 39.2 Å². The van der Waals surface area contributed by atoms with Gasteiger partial charge in [-0.15, -0.1) is 0 Å². The van der Waals surface area contributed by atoms with Crippen LogP contribution in [0.1, 0.15) is 326 Å². The van der Waals surface area contributed by atoms with Crippen molar-refractivity contribution in [2.45, 2.75) is 294 Å². The first-order valence-electron chi connectivity index (χ1n) is 34.1.